The molecule has 0 radical (unpaired) electrons. The highest BCUT2D eigenvalue weighted by Crippen LogP contribution is 2.45. The summed E-state index contributed by atoms with van der Waals surface area (Å²) >= 11 is 0. The van der Waals surface area contributed by atoms with Gasteiger partial charge in [-0.2, -0.15) is 0 Å². The minimum atomic E-state index is 0.338. The summed E-state index contributed by atoms with van der Waals surface area (Å²) in [7, 11) is 0. The van der Waals surface area contributed by atoms with Crippen LogP contribution in [0.4, 0.5) is 0 Å². The van der Waals surface area contributed by atoms with E-state index >= 15 is 0 Å². The summed E-state index contributed by atoms with van der Waals surface area (Å²) < 4.78 is 0. The first kappa shape index (κ1) is 19.1. The van der Waals surface area contributed by atoms with Crippen molar-refractivity contribution < 1.29 is 0 Å². The van der Waals surface area contributed by atoms with E-state index in [1.54, 1.807) is 0 Å². The third-order valence-electron chi connectivity index (χ3n) is 6.18. The Kier molecular flexibility index (Phi) is 7.76. The Morgan fingerprint density at radius 2 is 1.35 bits per heavy atom. The van der Waals surface area contributed by atoms with Gasteiger partial charge in [0.15, 0.2) is 6.71 Å². The van der Waals surface area contributed by atoms with Crippen molar-refractivity contribution >= 4 is 6.71 Å². The van der Waals surface area contributed by atoms with Gasteiger partial charge in [0, 0.05) is 0 Å². The van der Waals surface area contributed by atoms with Crippen LogP contribution in [0.1, 0.15) is 111 Å². The van der Waals surface area contributed by atoms with Gasteiger partial charge < -0.3 is 0 Å². The van der Waals surface area contributed by atoms with Gasteiger partial charge in [-0.3, -0.25) is 0 Å². The molecule has 0 unspecified atom stereocenters. The van der Waals surface area contributed by atoms with Crippen LogP contribution in [0.25, 0.3) is 0 Å². The summed E-state index contributed by atoms with van der Waals surface area (Å²) in [6.45, 7) is 10.5. The summed E-state index contributed by atoms with van der Waals surface area (Å²) in [5, 5.41) is 0. The normalized spacial score (nSPS) is 22.3. The van der Waals surface area contributed by atoms with Crippen LogP contribution in [0, 0.1) is 5.41 Å². The molecule has 2 rings (SSSR count). The smallest absolute Gasteiger partial charge is 0.104 e. The van der Waals surface area contributed by atoms with E-state index in [-0.39, 0.29) is 0 Å². The summed E-state index contributed by atoms with van der Waals surface area (Å²) in [6.07, 6.45) is 21.8. The monoisotopic (exact) mass is 316 g/mol. The van der Waals surface area contributed by atoms with Crippen LogP contribution in [0.15, 0.2) is 11.5 Å². The molecule has 2 saturated carbocycles. The average Bonchev–Trinajstić information content (AvgIpc) is 2.53. The van der Waals surface area contributed by atoms with Gasteiger partial charge in [-0.25, -0.2) is 0 Å². The van der Waals surface area contributed by atoms with Crippen molar-refractivity contribution in [2.75, 3.05) is 0 Å². The SMILES string of the molecule is CCCC/C(=C\C(C)(C)C)B(C1CCCCC1)C1CCCCC1. The molecule has 0 heterocycles. The molecule has 2 fully saturated rings. The molecule has 0 N–H and O–H groups in total. The second-order valence-corrected chi connectivity index (χ2v) is 9.51. The fourth-order valence-corrected chi connectivity index (χ4v) is 5.25. The second-order valence-electron chi connectivity index (χ2n) is 9.51. The standard InChI is InChI=1S/C22H41B/c1-5-6-13-21(18-22(2,3)4)23(19-14-9-7-10-15-19)20-16-11-8-12-17-20/h18-20H,5-17H2,1-4H3/b21-18+. The van der Waals surface area contributed by atoms with Crippen molar-refractivity contribution in [3.8, 4) is 0 Å². The zero-order chi connectivity index (χ0) is 16.7. The summed E-state index contributed by atoms with van der Waals surface area (Å²) in [5.41, 5.74) is 2.20. The summed E-state index contributed by atoms with van der Waals surface area (Å²) in [5.74, 6) is 2.00. The Labute approximate surface area is 147 Å². The summed E-state index contributed by atoms with van der Waals surface area (Å²) in [4.78, 5) is 0. The summed E-state index contributed by atoms with van der Waals surface area (Å²) in [6, 6.07) is 0. The predicted octanol–water partition coefficient (Wildman–Crippen LogP) is 7.85. The van der Waals surface area contributed by atoms with E-state index in [1.807, 2.05) is 5.47 Å². The molecule has 23 heavy (non-hydrogen) atoms. The van der Waals surface area contributed by atoms with E-state index < -0.39 is 0 Å². The number of allylic oxidation sites excluding steroid dienone is 2. The third kappa shape index (κ3) is 6.31. The van der Waals surface area contributed by atoms with Crippen LogP contribution in [0.5, 0.6) is 0 Å². The average molecular weight is 316 g/mol. The Morgan fingerprint density at radius 1 is 0.870 bits per heavy atom. The molecule has 2 aliphatic carbocycles. The lowest BCUT2D eigenvalue weighted by molar-refractivity contribution is 0.461. The minimum absolute atomic E-state index is 0.338. The van der Waals surface area contributed by atoms with Crippen LogP contribution < -0.4 is 0 Å². The first-order chi connectivity index (χ1) is 11.0. The maximum absolute atomic E-state index is 2.69. The van der Waals surface area contributed by atoms with Crippen LogP contribution >= 0.6 is 0 Å². The molecule has 0 aromatic carbocycles. The molecule has 0 spiro atoms. The predicted molar refractivity (Wildman–Crippen MR) is 106 cm³/mol. The highest BCUT2D eigenvalue weighted by atomic mass is 14.2. The largest absolute Gasteiger partial charge is 0.176 e. The van der Waals surface area contributed by atoms with Gasteiger partial charge in [0.05, 0.1) is 0 Å². The highest BCUT2D eigenvalue weighted by Gasteiger charge is 2.37. The Bertz CT molecular complexity index is 333. The molecular formula is C22H41B. The second kappa shape index (κ2) is 9.33. The van der Waals surface area contributed by atoms with Gasteiger partial charge >= 0.3 is 0 Å². The molecule has 0 amide bonds. The lowest BCUT2D eigenvalue weighted by atomic mass is 9.26. The van der Waals surface area contributed by atoms with Crippen molar-refractivity contribution in [3.63, 3.8) is 0 Å². The molecule has 0 aliphatic heterocycles. The number of unbranched alkanes of at least 4 members (excludes halogenated alkanes) is 1. The van der Waals surface area contributed by atoms with Crippen molar-refractivity contribution in [2.45, 2.75) is 123 Å². The molecule has 132 valence electrons. The Hall–Kier alpha value is -0.195. The first-order valence-electron chi connectivity index (χ1n) is 10.7. The Morgan fingerprint density at radius 3 is 1.74 bits per heavy atom. The van der Waals surface area contributed by atoms with Crippen molar-refractivity contribution in [2.24, 2.45) is 5.41 Å². The molecule has 0 nitrogen and oxygen atoms in total. The van der Waals surface area contributed by atoms with Gasteiger partial charge in [-0.05, 0) is 11.8 Å². The molecule has 2 aliphatic rings. The zero-order valence-corrected chi connectivity index (χ0v) is 16.5. The van der Waals surface area contributed by atoms with Crippen LogP contribution in [-0.2, 0) is 0 Å². The topological polar surface area (TPSA) is 0 Å². The van der Waals surface area contributed by atoms with Gasteiger partial charge in [0.1, 0.15) is 0 Å². The van der Waals surface area contributed by atoms with Gasteiger partial charge in [0.2, 0.25) is 0 Å². The number of hydrogen-bond acceptors (Lipinski definition) is 0. The number of rotatable bonds is 6. The minimum Gasteiger partial charge on any atom is -0.104 e. The lowest BCUT2D eigenvalue weighted by Crippen LogP contribution is -2.33. The maximum atomic E-state index is 2.69. The van der Waals surface area contributed by atoms with E-state index in [2.05, 4.69) is 33.8 Å². The van der Waals surface area contributed by atoms with Crippen LogP contribution in [0.3, 0.4) is 0 Å². The maximum Gasteiger partial charge on any atom is 0.176 e. The van der Waals surface area contributed by atoms with E-state index in [4.69, 9.17) is 0 Å². The lowest BCUT2D eigenvalue weighted by Gasteiger charge is -2.38. The van der Waals surface area contributed by atoms with Gasteiger partial charge in [-0.15, -0.1) is 5.47 Å². The van der Waals surface area contributed by atoms with Gasteiger partial charge in [-0.1, -0.05) is 122 Å². The third-order valence-corrected chi connectivity index (χ3v) is 6.18. The molecular weight excluding hydrogens is 275 g/mol. The molecule has 0 bridgehead atoms. The molecule has 0 aromatic rings. The van der Waals surface area contributed by atoms with E-state index in [0.717, 1.165) is 18.3 Å². The van der Waals surface area contributed by atoms with E-state index in [9.17, 15) is 0 Å². The Balaban J connectivity index is 2.24. The molecule has 0 atom stereocenters. The quantitative estimate of drug-likeness (QED) is 0.438. The number of hydrogen-bond donors (Lipinski definition) is 0. The highest BCUT2D eigenvalue weighted by molar-refractivity contribution is 6.69. The molecule has 1 heteroatoms. The first-order valence-corrected chi connectivity index (χ1v) is 10.7. The fraction of sp³-hybridized carbons (Fsp3) is 0.909. The van der Waals surface area contributed by atoms with Crippen LogP contribution in [-0.4, -0.2) is 6.71 Å². The zero-order valence-electron chi connectivity index (χ0n) is 16.5. The van der Waals surface area contributed by atoms with Crippen LogP contribution in [0.2, 0.25) is 11.6 Å². The van der Waals surface area contributed by atoms with Crippen molar-refractivity contribution in [1.29, 1.82) is 0 Å². The van der Waals surface area contributed by atoms with E-state index in [1.165, 1.54) is 83.5 Å². The van der Waals surface area contributed by atoms with E-state index in [0.29, 0.717) is 5.41 Å². The van der Waals surface area contributed by atoms with Crippen molar-refractivity contribution in [3.05, 3.63) is 11.5 Å². The van der Waals surface area contributed by atoms with Gasteiger partial charge in [0.25, 0.3) is 0 Å². The van der Waals surface area contributed by atoms with Crippen molar-refractivity contribution in [1.82, 2.24) is 0 Å². The fourth-order valence-electron chi connectivity index (χ4n) is 5.25. The molecule has 0 aromatic heterocycles. The molecule has 0 saturated heterocycles.